The standard InChI is InChI=1S/C29H28FN7O2/c1-18(2)13-19(15-31)29(38)36-12-6-7-20(36)16-37-28-25(27(32)33-17-34-28)26(35-37)23-11-10-22(14-24(23)30)39-21-8-4-3-5-9-21/h3-5,8-11,13-14,17-18,20H,6-7,12,16H2,1-2H3,(H2,32,33,34)/b19-13-/t20-/m1/s1. The summed E-state index contributed by atoms with van der Waals surface area (Å²) in [5.41, 5.74) is 7.33. The van der Waals surface area contributed by atoms with Crippen molar-refractivity contribution in [2.75, 3.05) is 12.3 Å². The molecule has 0 aliphatic carbocycles. The van der Waals surface area contributed by atoms with Gasteiger partial charge in [-0.1, -0.05) is 38.1 Å². The molecule has 0 radical (unpaired) electrons. The van der Waals surface area contributed by atoms with Crippen LogP contribution in [0.1, 0.15) is 26.7 Å². The summed E-state index contributed by atoms with van der Waals surface area (Å²) in [7, 11) is 0. The van der Waals surface area contributed by atoms with Gasteiger partial charge < -0.3 is 15.4 Å². The zero-order valence-electron chi connectivity index (χ0n) is 21.7. The first-order chi connectivity index (χ1) is 18.9. The first-order valence-electron chi connectivity index (χ1n) is 12.8. The van der Waals surface area contributed by atoms with Crippen LogP contribution in [0.5, 0.6) is 11.5 Å². The Labute approximate surface area is 225 Å². The molecule has 5 rings (SSSR count). The monoisotopic (exact) mass is 525 g/mol. The fraction of sp³-hybridized carbons (Fsp3) is 0.276. The van der Waals surface area contributed by atoms with Gasteiger partial charge in [0.1, 0.15) is 46.8 Å². The minimum atomic E-state index is -0.534. The van der Waals surface area contributed by atoms with E-state index in [1.165, 1.54) is 12.4 Å². The molecule has 2 aromatic carbocycles. The Hall–Kier alpha value is -4.78. The lowest BCUT2D eigenvalue weighted by Gasteiger charge is -2.24. The molecule has 2 N–H and O–H groups in total. The Morgan fingerprint density at radius 3 is 2.74 bits per heavy atom. The summed E-state index contributed by atoms with van der Waals surface area (Å²) in [6.45, 7) is 4.71. The Balaban J connectivity index is 1.48. The van der Waals surface area contributed by atoms with Crippen molar-refractivity contribution in [3.05, 3.63) is 72.3 Å². The number of fused-ring (bicyclic) bond motifs is 1. The molecule has 1 aliphatic heterocycles. The minimum Gasteiger partial charge on any atom is -0.457 e. The fourth-order valence-electron chi connectivity index (χ4n) is 4.86. The van der Waals surface area contributed by atoms with Gasteiger partial charge in [-0.15, -0.1) is 0 Å². The summed E-state index contributed by atoms with van der Waals surface area (Å²) >= 11 is 0. The predicted molar refractivity (Wildman–Crippen MR) is 145 cm³/mol. The van der Waals surface area contributed by atoms with Crippen LogP contribution >= 0.6 is 0 Å². The van der Waals surface area contributed by atoms with Gasteiger partial charge in [0.15, 0.2) is 5.65 Å². The summed E-state index contributed by atoms with van der Waals surface area (Å²) < 4.78 is 22.8. The number of rotatable bonds is 7. The highest BCUT2D eigenvalue weighted by Gasteiger charge is 2.32. The topological polar surface area (TPSA) is 123 Å². The predicted octanol–water partition coefficient (Wildman–Crippen LogP) is 5.10. The van der Waals surface area contributed by atoms with E-state index in [-0.39, 0.29) is 34.8 Å². The largest absolute Gasteiger partial charge is 0.457 e. The quantitative estimate of drug-likeness (QED) is 0.263. The number of hydrogen-bond donors (Lipinski definition) is 1. The van der Waals surface area contributed by atoms with E-state index in [1.807, 2.05) is 38.1 Å². The molecule has 3 heterocycles. The minimum absolute atomic E-state index is 0.0707. The van der Waals surface area contributed by atoms with Gasteiger partial charge in [0.2, 0.25) is 0 Å². The van der Waals surface area contributed by atoms with Crippen molar-refractivity contribution in [2.24, 2.45) is 5.92 Å². The smallest absolute Gasteiger partial charge is 0.264 e. The maximum atomic E-state index is 15.4. The van der Waals surface area contributed by atoms with E-state index >= 15 is 4.39 Å². The third kappa shape index (κ3) is 5.29. The maximum Gasteiger partial charge on any atom is 0.264 e. The van der Waals surface area contributed by atoms with Gasteiger partial charge in [-0.3, -0.25) is 4.79 Å². The molecule has 0 unspecified atom stereocenters. The highest BCUT2D eigenvalue weighted by molar-refractivity contribution is 5.99. The average molecular weight is 526 g/mol. The highest BCUT2D eigenvalue weighted by atomic mass is 19.1. The van der Waals surface area contributed by atoms with Crippen molar-refractivity contribution >= 4 is 22.8 Å². The third-order valence-electron chi connectivity index (χ3n) is 6.61. The van der Waals surface area contributed by atoms with Crippen LogP contribution in [0.4, 0.5) is 10.2 Å². The number of anilines is 1. The highest BCUT2D eigenvalue weighted by Crippen LogP contribution is 2.35. The number of nitrogens with zero attached hydrogens (tertiary/aromatic N) is 6. The number of amides is 1. The van der Waals surface area contributed by atoms with Crippen LogP contribution in [0.2, 0.25) is 0 Å². The van der Waals surface area contributed by atoms with Gasteiger partial charge >= 0.3 is 0 Å². The van der Waals surface area contributed by atoms with Crippen LogP contribution in [-0.2, 0) is 11.3 Å². The van der Waals surface area contributed by atoms with Crippen molar-refractivity contribution in [1.29, 1.82) is 5.26 Å². The summed E-state index contributed by atoms with van der Waals surface area (Å²) in [4.78, 5) is 23.4. The van der Waals surface area contributed by atoms with E-state index in [2.05, 4.69) is 9.97 Å². The second-order valence-corrected chi connectivity index (χ2v) is 9.78. The zero-order valence-corrected chi connectivity index (χ0v) is 21.7. The van der Waals surface area contributed by atoms with E-state index in [9.17, 15) is 10.1 Å². The number of benzene rings is 2. The lowest BCUT2D eigenvalue weighted by molar-refractivity contribution is -0.127. The van der Waals surface area contributed by atoms with E-state index in [0.717, 1.165) is 12.8 Å². The fourth-order valence-corrected chi connectivity index (χ4v) is 4.86. The number of nitrogen functional groups attached to an aromatic ring is 1. The van der Waals surface area contributed by atoms with Crippen LogP contribution in [0.15, 0.2) is 66.5 Å². The Morgan fingerprint density at radius 1 is 1.23 bits per heavy atom. The first-order valence-corrected chi connectivity index (χ1v) is 12.8. The number of likely N-dealkylation sites (tertiary alicyclic amines) is 1. The van der Waals surface area contributed by atoms with E-state index in [0.29, 0.717) is 41.3 Å². The molecule has 0 spiro atoms. The van der Waals surface area contributed by atoms with Crippen molar-refractivity contribution in [1.82, 2.24) is 24.6 Å². The first kappa shape index (κ1) is 25.9. The number of nitrogens with two attached hydrogens (primary N) is 1. The molecule has 39 heavy (non-hydrogen) atoms. The molecule has 9 nitrogen and oxygen atoms in total. The van der Waals surface area contributed by atoms with Gasteiger partial charge in [0.05, 0.1) is 18.0 Å². The van der Waals surface area contributed by atoms with Crippen LogP contribution in [-0.4, -0.2) is 43.1 Å². The van der Waals surface area contributed by atoms with Crippen LogP contribution in [0.3, 0.4) is 0 Å². The number of nitriles is 1. The number of carbonyl (C=O) groups is 1. The lowest BCUT2D eigenvalue weighted by Crippen LogP contribution is -2.39. The van der Waals surface area contributed by atoms with Crippen molar-refractivity contribution < 1.29 is 13.9 Å². The Bertz CT molecular complexity index is 1590. The summed E-state index contributed by atoms with van der Waals surface area (Å²) in [6.07, 6.45) is 4.56. The molecule has 1 fully saturated rings. The molecular weight excluding hydrogens is 497 g/mol. The van der Waals surface area contributed by atoms with E-state index in [4.69, 9.17) is 15.6 Å². The second-order valence-electron chi connectivity index (χ2n) is 9.78. The average Bonchev–Trinajstić information content (AvgIpc) is 3.53. The molecule has 2 aromatic heterocycles. The van der Waals surface area contributed by atoms with Gasteiger partial charge in [-0.2, -0.15) is 10.4 Å². The lowest BCUT2D eigenvalue weighted by atomic mass is 10.1. The van der Waals surface area contributed by atoms with Crippen molar-refractivity contribution in [3.63, 3.8) is 0 Å². The van der Waals surface area contributed by atoms with E-state index in [1.54, 1.807) is 39.9 Å². The molecule has 1 atom stereocenters. The zero-order chi connectivity index (χ0) is 27.5. The van der Waals surface area contributed by atoms with Gasteiger partial charge in [-0.05, 0) is 43.0 Å². The SMILES string of the molecule is CC(C)/C=C(/C#N)C(=O)N1CCC[C@@H]1Cn1nc(-c2ccc(Oc3ccccc3)cc2F)c2c(N)ncnc21. The molecule has 10 heteroatoms. The molecule has 4 aromatic rings. The molecule has 0 bridgehead atoms. The number of allylic oxidation sites excluding steroid dienone is 1. The molecular formula is C29H28FN7O2. The molecule has 0 saturated carbocycles. The Kier molecular flexibility index (Phi) is 7.23. The van der Waals surface area contributed by atoms with Crippen molar-refractivity contribution in [2.45, 2.75) is 39.3 Å². The summed E-state index contributed by atoms with van der Waals surface area (Å²) in [5, 5.41) is 14.7. The number of hydrogen-bond acceptors (Lipinski definition) is 7. The number of aromatic nitrogens is 4. The van der Waals surface area contributed by atoms with Gasteiger partial charge in [-0.25, -0.2) is 19.0 Å². The van der Waals surface area contributed by atoms with Gasteiger partial charge in [0.25, 0.3) is 5.91 Å². The number of halogens is 1. The van der Waals surface area contributed by atoms with Crippen LogP contribution in [0, 0.1) is 23.1 Å². The van der Waals surface area contributed by atoms with Crippen LogP contribution in [0.25, 0.3) is 22.3 Å². The molecule has 1 saturated heterocycles. The number of ether oxygens (including phenoxy) is 1. The molecule has 1 amide bonds. The van der Waals surface area contributed by atoms with Gasteiger partial charge in [0, 0.05) is 18.2 Å². The molecule has 1 aliphatic rings. The second kappa shape index (κ2) is 10.9. The van der Waals surface area contributed by atoms with E-state index < -0.39 is 5.82 Å². The molecule has 198 valence electrons. The van der Waals surface area contributed by atoms with Crippen molar-refractivity contribution in [3.8, 4) is 28.8 Å². The normalized spacial score (nSPS) is 15.6. The number of para-hydroxylation sites is 1. The summed E-state index contributed by atoms with van der Waals surface area (Å²) in [5.74, 6) is 0.360. The third-order valence-corrected chi connectivity index (χ3v) is 6.61. The Morgan fingerprint density at radius 2 is 2.03 bits per heavy atom. The van der Waals surface area contributed by atoms with Crippen LogP contribution < -0.4 is 10.5 Å². The number of carbonyl (C=O) groups excluding carboxylic acids is 1. The maximum absolute atomic E-state index is 15.4. The summed E-state index contributed by atoms with van der Waals surface area (Å²) in [6, 6.07) is 15.5.